The number of rotatable bonds is 5. The minimum Gasteiger partial charge on any atom is -0.0984 e. The van der Waals surface area contributed by atoms with Gasteiger partial charge in [-0.1, -0.05) is 89.1 Å². The predicted octanol–water partition coefficient (Wildman–Crippen LogP) is 8.79. The lowest BCUT2D eigenvalue weighted by Crippen LogP contribution is -1.89. The van der Waals surface area contributed by atoms with Gasteiger partial charge in [-0.15, -0.1) is 0 Å². The molecule has 1 aliphatic rings. The molecule has 0 bridgehead atoms. The van der Waals surface area contributed by atoms with E-state index >= 15 is 0 Å². The summed E-state index contributed by atoms with van der Waals surface area (Å²) in [5, 5.41) is 2.54. The fourth-order valence-electron chi connectivity index (χ4n) is 4.13. The maximum atomic E-state index is 4.05. The van der Waals surface area contributed by atoms with Crippen LogP contribution in [0.15, 0.2) is 62.2 Å². The van der Waals surface area contributed by atoms with Gasteiger partial charge >= 0.3 is 0 Å². The Labute approximate surface area is 175 Å². The monoisotopic (exact) mass is 378 g/mol. The Morgan fingerprint density at radius 3 is 2.14 bits per heavy atom. The second kappa shape index (κ2) is 8.92. The van der Waals surface area contributed by atoms with E-state index in [0.717, 1.165) is 18.4 Å². The van der Waals surface area contributed by atoms with E-state index in [-0.39, 0.29) is 0 Å². The Morgan fingerprint density at radius 1 is 0.793 bits per heavy atom. The van der Waals surface area contributed by atoms with E-state index in [2.05, 4.69) is 75.2 Å². The number of hydrogen-bond donors (Lipinski definition) is 0. The molecule has 0 aromatic heterocycles. The van der Waals surface area contributed by atoms with E-state index in [1.54, 1.807) is 0 Å². The van der Waals surface area contributed by atoms with Crippen molar-refractivity contribution in [2.45, 2.75) is 33.6 Å². The minimum atomic E-state index is 0.974. The normalized spacial score (nSPS) is 11.6. The maximum absolute atomic E-state index is 4.05. The van der Waals surface area contributed by atoms with Crippen molar-refractivity contribution in [2.75, 3.05) is 0 Å². The molecule has 3 aromatic carbocycles. The maximum Gasteiger partial charge on any atom is -0.00130 e. The molecule has 0 radical (unpaired) electrons. The summed E-state index contributed by atoms with van der Waals surface area (Å²) in [6.07, 6.45) is 12.2. The molecular weight excluding hydrogens is 348 g/mol. The first-order chi connectivity index (χ1) is 14.2. The summed E-state index contributed by atoms with van der Waals surface area (Å²) >= 11 is 0. The highest BCUT2D eigenvalue weighted by molar-refractivity contribution is 5.97. The fourth-order valence-corrected chi connectivity index (χ4v) is 4.13. The smallest absolute Gasteiger partial charge is 0.00130 e. The van der Waals surface area contributed by atoms with Gasteiger partial charge in [-0.3, -0.25) is 0 Å². The average molecular weight is 379 g/mol. The molecule has 0 unspecified atom stereocenters. The van der Waals surface area contributed by atoms with Gasteiger partial charge in [0.05, 0.1) is 0 Å². The van der Waals surface area contributed by atoms with Crippen molar-refractivity contribution in [3.05, 3.63) is 95.6 Å². The largest absolute Gasteiger partial charge is 0.0984 e. The predicted molar refractivity (Wildman–Crippen MR) is 133 cm³/mol. The molecule has 29 heavy (non-hydrogen) atoms. The van der Waals surface area contributed by atoms with Crippen LogP contribution in [-0.2, 0) is 6.42 Å². The molecule has 0 atom stereocenters. The van der Waals surface area contributed by atoms with Crippen molar-refractivity contribution >= 4 is 35.1 Å². The van der Waals surface area contributed by atoms with Crippen molar-refractivity contribution in [1.29, 1.82) is 0 Å². The topological polar surface area (TPSA) is 0 Å². The lowest BCUT2D eigenvalue weighted by molar-refractivity contribution is 1.23. The quantitative estimate of drug-likeness (QED) is 0.325. The van der Waals surface area contributed by atoms with Crippen LogP contribution in [0.1, 0.15) is 60.6 Å². The lowest BCUT2D eigenvalue weighted by atomic mass is 9.92. The van der Waals surface area contributed by atoms with Crippen LogP contribution in [0.25, 0.3) is 46.2 Å². The van der Waals surface area contributed by atoms with Crippen molar-refractivity contribution in [3.8, 4) is 11.1 Å². The zero-order valence-electron chi connectivity index (χ0n) is 17.9. The van der Waals surface area contributed by atoms with Gasteiger partial charge in [0.15, 0.2) is 0 Å². The van der Waals surface area contributed by atoms with Crippen molar-refractivity contribution in [1.82, 2.24) is 0 Å². The van der Waals surface area contributed by atoms with Crippen LogP contribution >= 0.6 is 0 Å². The Bertz CT molecular complexity index is 1120. The van der Waals surface area contributed by atoms with Crippen LogP contribution in [0, 0.1) is 0 Å². The summed E-state index contributed by atoms with van der Waals surface area (Å²) in [6, 6.07) is 13.6. The first kappa shape index (κ1) is 20.6. The van der Waals surface area contributed by atoms with Crippen LogP contribution in [0.2, 0.25) is 0 Å². The Balaban J connectivity index is 0.00000117. The van der Waals surface area contributed by atoms with Crippen molar-refractivity contribution < 1.29 is 0 Å². The molecule has 0 amide bonds. The molecule has 146 valence electrons. The second-order valence-electron chi connectivity index (χ2n) is 7.04. The van der Waals surface area contributed by atoms with Gasteiger partial charge in [0.25, 0.3) is 0 Å². The highest BCUT2D eigenvalue weighted by atomic mass is 14.3. The lowest BCUT2D eigenvalue weighted by Gasteiger charge is -2.11. The summed E-state index contributed by atoms with van der Waals surface area (Å²) in [6.45, 7) is 18.2. The fraction of sp³-hybridized carbons (Fsp3) is 0.172. The van der Waals surface area contributed by atoms with Gasteiger partial charge < -0.3 is 0 Å². The van der Waals surface area contributed by atoms with Crippen LogP contribution < -0.4 is 0 Å². The van der Waals surface area contributed by atoms with Crippen LogP contribution in [0.5, 0.6) is 0 Å². The number of hydrogen-bond acceptors (Lipinski definition) is 0. The summed E-state index contributed by atoms with van der Waals surface area (Å²) in [7, 11) is 0. The van der Waals surface area contributed by atoms with Crippen LogP contribution in [0.3, 0.4) is 0 Å². The summed E-state index contributed by atoms with van der Waals surface area (Å²) in [4.78, 5) is 0. The minimum absolute atomic E-state index is 0.974. The van der Waals surface area contributed by atoms with E-state index in [1.807, 2.05) is 32.1 Å². The Hall–Kier alpha value is -3.12. The van der Waals surface area contributed by atoms with E-state index < -0.39 is 0 Å². The molecular formula is C29H30. The number of fused-ring (bicyclic) bond motifs is 4. The first-order valence-corrected chi connectivity index (χ1v) is 10.5. The third-order valence-corrected chi connectivity index (χ3v) is 5.46. The number of allylic oxidation sites excluding steroid dienone is 1. The van der Waals surface area contributed by atoms with Crippen LogP contribution in [0.4, 0.5) is 0 Å². The van der Waals surface area contributed by atoms with Gasteiger partial charge in [0.2, 0.25) is 0 Å². The molecule has 3 aromatic rings. The molecule has 0 N–H and O–H groups in total. The van der Waals surface area contributed by atoms with Crippen LogP contribution in [-0.4, -0.2) is 0 Å². The molecule has 0 heteroatoms. The first-order valence-electron chi connectivity index (χ1n) is 10.5. The molecule has 0 spiro atoms. The Kier molecular flexibility index (Phi) is 6.34. The zero-order chi connectivity index (χ0) is 21.0. The van der Waals surface area contributed by atoms with Gasteiger partial charge in [0.1, 0.15) is 0 Å². The summed E-state index contributed by atoms with van der Waals surface area (Å²) in [5.74, 6) is 0. The average Bonchev–Trinajstić information content (AvgIpc) is 3.13. The molecule has 0 saturated carbocycles. The molecule has 0 aliphatic heterocycles. The van der Waals surface area contributed by atoms with Gasteiger partial charge in [-0.25, -0.2) is 0 Å². The number of benzene rings is 3. The molecule has 0 saturated heterocycles. The van der Waals surface area contributed by atoms with E-state index in [4.69, 9.17) is 0 Å². The summed E-state index contributed by atoms with van der Waals surface area (Å²) in [5.41, 5.74) is 10.1. The molecule has 4 rings (SSSR count). The molecule has 0 fully saturated rings. The second-order valence-corrected chi connectivity index (χ2v) is 7.04. The van der Waals surface area contributed by atoms with Gasteiger partial charge in [0, 0.05) is 0 Å². The van der Waals surface area contributed by atoms with Gasteiger partial charge in [-0.2, -0.15) is 0 Å². The van der Waals surface area contributed by atoms with Crippen molar-refractivity contribution in [2.24, 2.45) is 0 Å². The highest BCUT2D eigenvalue weighted by Crippen LogP contribution is 2.43. The molecule has 0 nitrogen and oxygen atoms in total. The van der Waals surface area contributed by atoms with E-state index in [9.17, 15) is 0 Å². The third-order valence-electron chi connectivity index (χ3n) is 5.46. The SMILES string of the molecule is C=Cc1cc2cc3c(cc2cc1/C=C\CC)Cc1ccc(C=C)c(C=C)c1-3.CC. The zero-order valence-corrected chi connectivity index (χ0v) is 17.9. The summed E-state index contributed by atoms with van der Waals surface area (Å²) < 4.78 is 0. The molecule has 0 heterocycles. The highest BCUT2D eigenvalue weighted by Gasteiger charge is 2.22. The molecule has 1 aliphatic carbocycles. The van der Waals surface area contributed by atoms with Gasteiger partial charge in [-0.05, 0) is 86.3 Å². The third kappa shape index (κ3) is 3.63. The van der Waals surface area contributed by atoms with Crippen molar-refractivity contribution in [3.63, 3.8) is 0 Å². The van der Waals surface area contributed by atoms with E-state index in [0.29, 0.717) is 0 Å². The Morgan fingerprint density at radius 2 is 1.48 bits per heavy atom. The van der Waals surface area contributed by atoms with E-state index in [1.165, 1.54) is 49.7 Å². The standard InChI is InChI=1S/C27H24.C2H6/c1-5-9-10-20-14-22-16-24-15-21-12-11-18(6-2)25(8-4)27(21)26(24)17-23(22)13-19(20)7-3;1-2/h6-14,16-17H,2-5,15H2,1H3;1-2H3/b10-9-;.